The number of likely N-dealkylation sites (N-methyl/N-ethyl adjacent to an activating group) is 1. The number of hydrogen-bond donors (Lipinski definition) is 0. The Morgan fingerprint density at radius 2 is 1.86 bits per heavy atom. The smallest absolute Gasteiger partial charge is 0.270 e. The fraction of sp³-hybridized carbons (Fsp3) is 0.593. The number of benzene rings is 1. The van der Waals surface area contributed by atoms with E-state index in [9.17, 15) is 18.8 Å². The molecule has 190 valence electrons. The molecule has 8 heteroatoms. The van der Waals surface area contributed by atoms with E-state index >= 15 is 0 Å². The highest BCUT2D eigenvalue weighted by Gasteiger charge is 2.40. The fourth-order valence-electron chi connectivity index (χ4n) is 5.83. The third kappa shape index (κ3) is 4.99. The Morgan fingerprint density at radius 1 is 1.14 bits per heavy atom. The van der Waals surface area contributed by atoms with E-state index in [0.29, 0.717) is 30.7 Å². The first-order chi connectivity index (χ1) is 16.7. The first-order valence-electron chi connectivity index (χ1n) is 12.7. The van der Waals surface area contributed by atoms with Crippen molar-refractivity contribution in [3.8, 4) is 0 Å². The van der Waals surface area contributed by atoms with Gasteiger partial charge in [0.25, 0.3) is 5.91 Å². The molecule has 0 spiro atoms. The molecule has 2 fully saturated rings. The van der Waals surface area contributed by atoms with Crippen molar-refractivity contribution >= 4 is 29.0 Å². The molecule has 2 unspecified atom stereocenters. The van der Waals surface area contributed by atoms with Gasteiger partial charge in [0.2, 0.25) is 5.91 Å². The molecule has 0 radical (unpaired) electrons. The van der Waals surface area contributed by atoms with Gasteiger partial charge in [0, 0.05) is 43.6 Å². The van der Waals surface area contributed by atoms with Crippen molar-refractivity contribution in [2.75, 3.05) is 26.7 Å². The summed E-state index contributed by atoms with van der Waals surface area (Å²) in [7, 11) is 3.69. The Labute approximate surface area is 206 Å². The first-order valence-corrected chi connectivity index (χ1v) is 12.7. The minimum absolute atomic E-state index is 0.0628. The van der Waals surface area contributed by atoms with Crippen molar-refractivity contribution in [1.82, 2.24) is 19.3 Å². The maximum atomic E-state index is 13.8. The molecule has 1 aromatic heterocycles. The number of hydrogen-bond acceptors (Lipinski definition) is 4. The lowest BCUT2D eigenvalue weighted by Gasteiger charge is -2.45. The zero-order valence-electron chi connectivity index (χ0n) is 21.2. The van der Waals surface area contributed by atoms with Gasteiger partial charge in [-0.2, -0.15) is 0 Å². The Kier molecular flexibility index (Phi) is 7.59. The van der Waals surface area contributed by atoms with Crippen LogP contribution in [-0.2, 0) is 16.6 Å². The number of nitrogens with zero attached hydrogens (tertiary/aromatic N) is 4. The summed E-state index contributed by atoms with van der Waals surface area (Å²) in [6, 6.07) is 5.45. The van der Waals surface area contributed by atoms with E-state index in [1.54, 1.807) is 21.6 Å². The second-order valence-corrected chi connectivity index (χ2v) is 10.3. The average molecular weight is 485 g/mol. The molecule has 2 amide bonds. The molecule has 4 rings (SSSR count). The van der Waals surface area contributed by atoms with Crippen LogP contribution in [0.4, 0.5) is 4.39 Å². The minimum Gasteiger partial charge on any atom is -0.340 e. The number of aromatic nitrogens is 1. The number of fused-ring (bicyclic) bond motifs is 1. The van der Waals surface area contributed by atoms with Gasteiger partial charge in [-0.15, -0.1) is 0 Å². The summed E-state index contributed by atoms with van der Waals surface area (Å²) in [5.74, 6) is -0.137. The SMILES string of the molecule is CC(C=O)N(C)C(C(=O)N1CCN(C(=O)c2cc3cc(F)ccc3n2C)C[C@H]1C)C1CCCCC1. The molecule has 1 aromatic carbocycles. The number of carbonyl (C=O) groups excluding carboxylic acids is 3. The van der Waals surface area contributed by atoms with Crippen molar-refractivity contribution in [3.05, 3.63) is 35.8 Å². The molecular formula is C27H37FN4O3. The predicted molar refractivity (Wildman–Crippen MR) is 134 cm³/mol. The van der Waals surface area contributed by atoms with Crippen molar-refractivity contribution in [2.24, 2.45) is 13.0 Å². The van der Waals surface area contributed by atoms with Crippen LogP contribution in [-0.4, -0.2) is 82.2 Å². The second-order valence-electron chi connectivity index (χ2n) is 10.3. The van der Waals surface area contributed by atoms with Gasteiger partial charge >= 0.3 is 0 Å². The third-order valence-corrected chi connectivity index (χ3v) is 8.05. The van der Waals surface area contributed by atoms with Crippen LogP contribution >= 0.6 is 0 Å². The molecule has 1 aliphatic heterocycles. The highest BCUT2D eigenvalue weighted by Crippen LogP contribution is 2.31. The normalized spacial score (nSPS) is 21.4. The van der Waals surface area contributed by atoms with Gasteiger partial charge in [-0.3, -0.25) is 14.5 Å². The van der Waals surface area contributed by atoms with Crippen molar-refractivity contribution < 1.29 is 18.8 Å². The van der Waals surface area contributed by atoms with Crippen LogP contribution in [0.2, 0.25) is 0 Å². The summed E-state index contributed by atoms with van der Waals surface area (Å²) in [5, 5.41) is 0.695. The van der Waals surface area contributed by atoms with Crippen molar-refractivity contribution in [3.63, 3.8) is 0 Å². The van der Waals surface area contributed by atoms with Gasteiger partial charge in [0.1, 0.15) is 17.8 Å². The number of rotatable bonds is 6. The molecule has 2 aliphatic rings. The summed E-state index contributed by atoms with van der Waals surface area (Å²) in [6.45, 7) is 5.15. The largest absolute Gasteiger partial charge is 0.340 e. The van der Waals surface area contributed by atoms with Gasteiger partial charge < -0.3 is 19.2 Å². The summed E-state index contributed by atoms with van der Waals surface area (Å²) in [6.07, 6.45) is 6.33. The van der Waals surface area contributed by atoms with Crippen LogP contribution in [0, 0.1) is 11.7 Å². The van der Waals surface area contributed by atoms with E-state index < -0.39 is 0 Å². The highest BCUT2D eigenvalue weighted by molar-refractivity contribution is 5.99. The van der Waals surface area contributed by atoms with Crippen LogP contribution in [0.15, 0.2) is 24.3 Å². The van der Waals surface area contributed by atoms with Crippen molar-refractivity contribution in [1.29, 1.82) is 0 Å². The van der Waals surface area contributed by atoms with Crippen LogP contribution in [0.1, 0.15) is 56.4 Å². The summed E-state index contributed by atoms with van der Waals surface area (Å²) < 4.78 is 15.5. The lowest BCUT2D eigenvalue weighted by molar-refractivity contribution is -0.144. The summed E-state index contributed by atoms with van der Waals surface area (Å²) in [4.78, 5) is 44.4. The molecule has 1 aliphatic carbocycles. The lowest BCUT2D eigenvalue weighted by atomic mass is 9.82. The topological polar surface area (TPSA) is 65.9 Å². The quantitative estimate of drug-likeness (QED) is 0.589. The van der Waals surface area contributed by atoms with E-state index in [0.717, 1.165) is 37.5 Å². The summed E-state index contributed by atoms with van der Waals surface area (Å²) in [5.41, 5.74) is 1.32. The number of aldehydes is 1. The Balaban J connectivity index is 1.50. The van der Waals surface area contributed by atoms with Crippen LogP contribution < -0.4 is 0 Å². The Morgan fingerprint density at radius 3 is 2.51 bits per heavy atom. The zero-order valence-corrected chi connectivity index (χ0v) is 21.2. The number of piperazine rings is 1. The Bertz CT molecular complexity index is 1090. The molecular weight excluding hydrogens is 447 g/mol. The van der Waals surface area contributed by atoms with Gasteiger partial charge in [-0.05, 0) is 63.9 Å². The average Bonchev–Trinajstić information content (AvgIpc) is 3.18. The van der Waals surface area contributed by atoms with Crippen molar-refractivity contribution in [2.45, 2.75) is 64.1 Å². The maximum Gasteiger partial charge on any atom is 0.270 e. The number of aryl methyl sites for hydroxylation is 1. The molecule has 0 N–H and O–H groups in total. The highest BCUT2D eigenvalue weighted by atomic mass is 19.1. The van der Waals surface area contributed by atoms with E-state index in [2.05, 4.69) is 0 Å². The first kappa shape index (κ1) is 25.4. The molecule has 35 heavy (non-hydrogen) atoms. The zero-order chi connectivity index (χ0) is 25.3. The summed E-state index contributed by atoms with van der Waals surface area (Å²) >= 11 is 0. The molecule has 2 aromatic rings. The Hall–Kier alpha value is -2.74. The van der Waals surface area contributed by atoms with Gasteiger partial charge in [-0.1, -0.05) is 19.3 Å². The van der Waals surface area contributed by atoms with Gasteiger partial charge in [0.15, 0.2) is 0 Å². The lowest BCUT2D eigenvalue weighted by Crippen LogP contribution is -2.61. The maximum absolute atomic E-state index is 13.8. The molecule has 0 bridgehead atoms. The standard InChI is InChI=1S/C27H37FN4O3/c1-18-16-31(26(34)24-15-21-14-22(28)10-11-23(21)30(24)4)12-13-32(18)27(35)25(29(3)19(2)17-33)20-8-6-5-7-9-20/h10-11,14-15,17-20,25H,5-9,12-13,16H2,1-4H3/t18-,19?,25?/m1/s1. The van der Waals surface area contributed by atoms with E-state index in [4.69, 9.17) is 0 Å². The minimum atomic E-state index is -0.333. The number of halogens is 1. The van der Waals surface area contributed by atoms with Gasteiger partial charge in [0.05, 0.1) is 12.1 Å². The molecule has 1 saturated carbocycles. The number of carbonyl (C=O) groups is 3. The van der Waals surface area contributed by atoms with Crippen LogP contribution in [0.5, 0.6) is 0 Å². The van der Waals surface area contributed by atoms with Crippen LogP contribution in [0.25, 0.3) is 10.9 Å². The van der Waals surface area contributed by atoms with E-state index in [1.165, 1.54) is 18.6 Å². The molecule has 3 atom stereocenters. The van der Waals surface area contributed by atoms with Crippen LogP contribution in [0.3, 0.4) is 0 Å². The predicted octanol–water partition coefficient (Wildman–Crippen LogP) is 3.46. The van der Waals surface area contributed by atoms with E-state index in [1.807, 2.05) is 37.7 Å². The number of amides is 2. The third-order valence-electron chi connectivity index (χ3n) is 8.05. The fourth-order valence-corrected chi connectivity index (χ4v) is 5.83. The van der Waals surface area contributed by atoms with Gasteiger partial charge in [-0.25, -0.2) is 4.39 Å². The molecule has 2 heterocycles. The molecule has 7 nitrogen and oxygen atoms in total. The molecule has 1 saturated heterocycles. The second kappa shape index (κ2) is 10.5. The monoisotopic (exact) mass is 484 g/mol. The van der Waals surface area contributed by atoms with E-state index in [-0.39, 0.29) is 41.7 Å².